The number of hydrogen-bond donors (Lipinski definition) is 2. The molecule has 3 N–H and O–H groups in total. The Morgan fingerprint density at radius 3 is 2.25 bits per heavy atom. The number of aryl methyl sites for hydroxylation is 2. The van der Waals surface area contributed by atoms with Crippen LogP contribution >= 0.6 is 23.7 Å². The van der Waals surface area contributed by atoms with Crippen LogP contribution in [0.4, 0.5) is 5.13 Å². The zero-order valence-electron chi connectivity index (χ0n) is 9.02. The SMILES string of the molecule is Cc1cc(C)cc(-c2nnc(NN)s2)c1.Cl. The van der Waals surface area contributed by atoms with Crippen molar-refractivity contribution >= 4 is 28.9 Å². The van der Waals surface area contributed by atoms with E-state index in [0.717, 1.165) is 10.6 Å². The van der Waals surface area contributed by atoms with Gasteiger partial charge in [-0.05, 0) is 26.0 Å². The molecule has 0 unspecified atom stereocenters. The number of hydrazine groups is 1. The summed E-state index contributed by atoms with van der Waals surface area (Å²) in [7, 11) is 0. The van der Waals surface area contributed by atoms with Crippen LogP contribution in [0.25, 0.3) is 10.6 Å². The van der Waals surface area contributed by atoms with Crippen molar-refractivity contribution < 1.29 is 0 Å². The summed E-state index contributed by atoms with van der Waals surface area (Å²) >= 11 is 1.45. The quantitative estimate of drug-likeness (QED) is 0.640. The molecule has 4 nitrogen and oxygen atoms in total. The number of halogens is 1. The molecule has 1 aromatic heterocycles. The van der Waals surface area contributed by atoms with Crippen molar-refractivity contribution in [2.75, 3.05) is 5.43 Å². The zero-order chi connectivity index (χ0) is 10.8. The van der Waals surface area contributed by atoms with E-state index in [1.165, 1.54) is 22.5 Å². The minimum atomic E-state index is 0. The van der Waals surface area contributed by atoms with Gasteiger partial charge in [0, 0.05) is 5.56 Å². The fourth-order valence-corrected chi connectivity index (χ4v) is 2.14. The Hall–Kier alpha value is -1.17. The average molecular weight is 257 g/mol. The van der Waals surface area contributed by atoms with Gasteiger partial charge in [-0.25, -0.2) is 5.84 Å². The van der Waals surface area contributed by atoms with Gasteiger partial charge in [-0.3, -0.25) is 5.43 Å². The van der Waals surface area contributed by atoms with E-state index in [1.807, 2.05) is 0 Å². The molecule has 0 bridgehead atoms. The van der Waals surface area contributed by atoms with E-state index in [2.05, 4.69) is 47.7 Å². The molecule has 2 aromatic rings. The third-order valence-corrected chi connectivity index (χ3v) is 2.92. The van der Waals surface area contributed by atoms with Gasteiger partial charge in [-0.1, -0.05) is 28.5 Å². The van der Waals surface area contributed by atoms with E-state index in [0.29, 0.717) is 5.13 Å². The first kappa shape index (κ1) is 12.9. The van der Waals surface area contributed by atoms with Gasteiger partial charge in [0.15, 0.2) is 0 Å². The molecule has 0 saturated heterocycles. The summed E-state index contributed by atoms with van der Waals surface area (Å²) in [4.78, 5) is 0. The molecule has 0 aliphatic carbocycles. The van der Waals surface area contributed by atoms with Crippen molar-refractivity contribution in [2.24, 2.45) is 5.84 Å². The van der Waals surface area contributed by atoms with Crippen molar-refractivity contribution in [3.63, 3.8) is 0 Å². The van der Waals surface area contributed by atoms with Crippen LogP contribution in [0.15, 0.2) is 18.2 Å². The normalized spacial score (nSPS) is 9.69. The Bertz CT molecular complexity index is 463. The number of nitrogens with one attached hydrogen (secondary N) is 1. The molecule has 1 aromatic carbocycles. The summed E-state index contributed by atoms with van der Waals surface area (Å²) in [6, 6.07) is 6.31. The average Bonchev–Trinajstić information content (AvgIpc) is 2.64. The highest BCUT2D eigenvalue weighted by Crippen LogP contribution is 2.27. The summed E-state index contributed by atoms with van der Waals surface area (Å²) in [6.07, 6.45) is 0. The van der Waals surface area contributed by atoms with Crippen LogP contribution in [0.2, 0.25) is 0 Å². The first-order valence-electron chi connectivity index (χ1n) is 4.58. The smallest absolute Gasteiger partial charge is 0.220 e. The molecule has 0 radical (unpaired) electrons. The topological polar surface area (TPSA) is 63.8 Å². The molecule has 0 amide bonds. The van der Waals surface area contributed by atoms with Gasteiger partial charge in [-0.15, -0.1) is 22.6 Å². The van der Waals surface area contributed by atoms with E-state index in [4.69, 9.17) is 5.84 Å². The van der Waals surface area contributed by atoms with Crippen LogP contribution in [-0.4, -0.2) is 10.2 Å². The second-order valence-electron chi connectivity index (χ2n) is 3.43. The van der Waals surface area contributed by atoms with Crippen molar-refractivity contribution in [3.8, 4) is 10.6 Å². The minimum Gasteiger partial charge on any atom is -0.298 e. The Morgan fingerprint density at radius 1 is 1.12 bits per heavy atom. The molecule has 16 heavy (non-hydrogen) atoms. The van der Waals surface area contributed by atoms with Gasteiger partial charge in [-0.2, -0.15) is 0 Å². The zero-order valence-corrected chi connectivity index (χ0v) is 10.7. The van der Waals surface area contributed by atoms with E-state index < -0.39 is 0 Å². The fraction of sp³-hybridized carbons (Fsp3) is 0.200. The van der Waals surface area contributed by atoms with Crippen molar-refractivity contribution in [3.05, 3.63) is 29.3 Å². The molecular weight excluding hydrogens is 244 g/mol. The number of nitrogens with zero attached hydrogens (tertiary/aromatic N) is 2. The lowest BCUT2D eigenvalue weighted by Crippen LogP contribution is -2.05. The monoisotopic (exact) mass is 256 g/mol. The Morgan fingerprint density at radius 2 is 1.75 bits per heavy atom. The molecule has 2 rings (SSSR count). The van der Waals surface area contributed by atoms with Gasteiger partial charge in [0.2, 0.25) is 5.13 Å². The molecule has 0 spiro atoms. The van der Waals surface area contributed by atoms with Crippen LogP contribution in [-0.2, 0) is 0 Å². The molecule has 0 aliphatic heterocycles. The van der Waals surface area contributed by atoms with Crippen molar-refractivity contribution in [2.45, 2.75) is 13.8 Å². The number of nitrogens with two attached hydrogens (primary N) is 1. The highest BCUT2D eigenvalue weighted by atomic mass is 35.5. The van der Waals surface area contributed by atoms with Crippen LogP contribution in [0.3, 0.4) is 0 Å². The molecular formula is C10H13ClN4S. The van der Waals surface area contributed by atoms with Gasteiger partial charge >= 0.3 is 0 Å². The summed E-state index contributed by atoms with van der Waals surface area (Å²) in [6.45, 7) is 4.14. The standard InChI is InChI=1S/C10H12N4S.ClH/c1-6-3-7(2)5-8(4-6)9-13-14-10(12-11)15-9;/h3-5H,11H2,1-2H3,(H,12,14);1H. The lowest BCUT2D eigenvalue weighted by atomic mass is 10.1. The Kier molecular flexibility index (Phi) is 4.23. The number of rotatable bonds is 2. The maximum Gasteiger partial charge on any atom is 0.220 e. The summed E-state index contributed by atoms with van der Waals surface area (Å²) in [5.41, 5.74) is 6.03. The molecule has 0 fully saturated rings. The van der Waals surface area contributed by atoms with Crippen LogP contribution < -0.4 is 11.3 Å². The van der Waals surface area contributed by atoms with E-state index >= 15 is 0 Å². The summed E-state index contributed by atoms with van der Waals surface area (Å²) < 4.78 is 0. The molecule has 6 heteroatoms. The Balaban J connectivity index is 0.00000128. The van der Waals surface area contributed by atoms with Crippen molar-refractivity contribution in [1.82, 2.24) is 10.2 Å². The number of benzene rings is 1. The maximum atomic E-state index is 5.26. The lowest BCUT2D eigenvalue weighted by molar-refractivity contribution is 1.08. The van der Waals surface area contributed by atoms with Gasteiger partial charge < -0.3 is 0 Å². The molecule has 0 saturated carbocycles. The highest BCUT2D eigenvalue weighted by molar-refractivity contribution is 7.18. The van der Waals surface area contributed by atoms with Gasteiger partial charge in [0.05, 0.1) is 0 Å². The van der Waals surface area contributed by atoms with Crippen LogP contribution in [0, 0.1) is 13.8 Å². The third kappa shape index (κ3) is 2.69. The predicted octanol–water partition coefficient (Wildman–Crippen LogP) is 2.53. The van der Waals surface area contributed by atoms with Crippen LogP contribution in [0.1, 0.15) is 11.1 Å². The molecule has 0 atom stereocenters. The number of nitrogen functional groups attached to an aromatic ring is 1. The maximum absolute atomic E-state index is 5.26. The lowest BCUT2D eigenvalue weighted by Gasteiger charge is -2.00. The van der Waals surface area contributed by atoms with Gasteiger partial charge in [0.25, 0.3) is 0 Å². The summed E-state index contributed by atoms with van der Waals surface area (Å²) in [5.74, 6) is 5.26. The second-order valence-corrected chi connectivity index (χ2v) is 4.41. The minimum absolute atomic E-state index is 0. The van der Waals surface area contributed by atoms with E-state index in [9.17, 15) is 0 Å². The van der Waals surface area contributed by atoms with Gasteiger partial charge in [0.1, 0.15) is 5.01 Å². The van der Waals surface area contributed by atoms with E-state index in [1.54, 1.807) is 0 Å². The predicted molar refractivity (Wildman–Crippen MR) is 69.9 cm³/mol. The third-order valence-electron chi connectivity index (χ3n) is 2.02. The first-order valence-corrected chi connectivity index (χ1v) is 5.39. The van der Waals surface area contributed by atoms with E-state index in [-0.39, 0.29) is 12.4 Å². The molecule has 0 aliphatic rings. The molecule has 86 valence electrons. The largest absolute Gasteiger partial charge is 0.298 e. The number of hydrogen-bond acceptors (Lipinski definition) is 5. The van der Waals surface area contributed by atoms with Crippen LogP contribution in [0.5, 0.6) is 0 Å². The highest BCUT2D eigenvalue weighted by Gasteiger charge is 2.06. The van der Waals surface area contributed by atoms with Crippen molar-refractivity contribution in [1.29, 1.82) is 0 Å². The first-order chi connectivity index (χ1) is 7.19. The fourth-order valence-electron chi connectivity index (χ4n) is 1.50. The number of anilines is 1. The molecule has 1 heterocycles. The summed E-state index contributed by atoms with van der Waals surface area (Å²) in [5, 5.41) is 9.48. The number of aromatic nitrogens is 2. The second kappa shape index (κ2) is 5.25. The Labute approximate surface area is 104 Å².